The van der Waals surface area contributed by atoms with E-state index in [2.05, 4.69) is 19.8 Å². The van der Waals surface area contributed by atoms with E-state index in [0.717, 1.165) is 61.7 Å². The van der Waals surface area contributed by atoms with Crippen LogP contribution in [0.1, 0.15) is 42.1 Å². The van der Waals surface area contributed by atoms with Crippen LogP contribution < -0.4 is 4.90 Å². The zero-order valence-electron chi connectivity index (χ0n) is 17.9. The van der Waals surface area contributed by atoms with Gasteiger partial charge in [0, 0.05) is 37.4 Å². The van der Waals surface area contributed by atoms with Gasteiger partial charge in [-0.15, -0.1) is 0 Å². The molecule has 2 aliphatic heterocycles. The van der Waals surface area contributed by atoms with Crippen LogP contribution in [0.4, 0.5) is 10.2 Å². The van der Waals surface area contributed by atoms with Crippen molar-refractivity contribution in [2.75, 3.05) is 44.2 Å². The maximum absolute atomic E-state index is 13.6. The summed E-state index contributed by atoms with van der Waals surface area (Å²) >= 11 is 0. The predicted molar refractivity (Wildman–Crippen MR) is 115 cm³/mol. The number of hydrogen-bond acceptors (Lipinski definition) is 5. The van der Waals surface area contributed by atoms with Gasteiger partial charge in [0.05, 0.1) is 0 Å². The van der Waals surface area contributed by atoms with Crippen molar-refractivity contribution in [3.8, 4) is 0 Å². The number of nitrogens with zero attached hydrogens (tertiary/aromatic N) is 5. The number of benzene rings is 1. The number of anilines is 1. The Morgan fingerprint density at radius 3 is 2.27 bits per heavy atom. The minimum Gasteiger partial charge on any atom is -0.353 e. The third-order valence-corrected chi connectivity index (χ3v) is 6.38. The molecule has 2 aromatic rings. The molecule has 1 aromatic heterocycles. The molecule has 2 aliphatic rings. The molecule has 0 N–H and O–H groups in total. The van der Waals surface area contributed by atoms with Crippen molar-refractivity contribution >= 4 is 11.7 Å². The fourth-order valence-electron chi connectivity index (χ4n) is 4.49. The van der Waals surface area contributed by atoms with Crippen molar-refractivity contribution in [1.29, 1.82) is 0 Å². The number of carbonyl (C=O) groups excluding carboxylic acids is 1. The zero-order valence-corrected chi connectivity index (χ0v) is 17.9. The number of likely N-dealkylation sites (tertiary alicyclic amines) is 1. The summed E-state index contributed by atoms with van der Waals surface area (Å²) in [5.41, 5.74) is 2.96. The molecule has 1 atom stereocenters. The second kappa shape index (κ2) is 9.08. The van der Waals surface area contributed by atoms with Gasteiger partial charge in [0.15, 0.2) is 0 Å². The molecule has 7 heteroatoms. The number of amides is 1. The maximum atomic E-state index is 13.6. The molecule has 2 saturated heterocycles. The fourth-order valence-corrected chi connectivity index (χ4v) is 4.49. The first-order valence-corrected chi connectivity index (χ1v) is 10.9. The molecule has 0 saturated carbocycles. The van der Waals surface area contributed by atoms with E-state index in [9.17, 15) is 9.18 Å². The standard InChI is InChI=1S/C23H30FN5O/c1-17-18(2)25-16-26-22(17)28-12-14-29(15-13-28)23(30)21(27-10-4-3-5-11-27)19-6-8-20(24)9-7-19/h6-9,16,21H,3-5,10-15H2,1-2H3. The number of hydrogen-bond donors (Lipinski definition) is 0. The lowest BCUT2D eigenvalue weighted by Gasteiger charge is -2.40. The van der Waals surface area contributed by atoms with Gasteiger partial charge in [-0.1, -0.05) is 18.6 Å². The molecular formula is C23H30FN5O. The molecule has 0 aliphatic carbocycles. The Kier molecular flexibility index (Phi) is 6.27. The predicted octanol–water partition coefficient (Wildman–Crippen LogP) is 3.11. The van der Waals surface area contributed by atoms with Crippen molar-refractivity contribution in [2.24, 2.45) is 0 Å². The second-order valence-corrected chi connectivity index (χ2v) is 8.27. The van der Waals surface area contributed by atoms with Gasteiger partial charge in [-0.2, -0.15) is 0 Å². The van der Waals surface area contributed by atoms with Crippen LogP contribution in [0.3, 0.4) is 0 Å². The quantitative estimate of drug-likeness (QED) is 0.774. The fraction of sp³-hybridized carbons (Fsp3) is 0.522. The van der Waals surface area contributed by atoms with Crippen LogP contribution in [-0.2, 0) is 4.79 Å². The van der Waals surface area contributed by atoms with E-state index >= 15 is 0 Å². The van der Waals surface area contributed by atoms with Gasteiger partial charge in [0.1, 0.15) is 24.0 Å². The van der Waals surface area contributed by atoms with Crippen LogP contribution in [0.25, 0.3) is 0 Å². The molecule has 2 fully saturated rings. The lowest BCUT2D eigenvalue weighted by Crippen LogP contribution is -2.53. The summed E-state index contributed by atoms with van der Waals surface area (Å²) in [5, 5.41) is 0. The molecule has 160 valence electrons. The topological polar surface area (TPSA) is 52.6 Å². The Morgan fingerprint density at radius 2 is 1.60 bits per heavy atom. The molecule has 0 radical (unpaired) electrons. The highest BCUT2D eigenvalue weighted by molar-refractivity contribution is 5.83. The number of aromatic nitrogens is 2. The molecular weight excluding hydrogens is 381 g/mol. The van der Waals surface area contributed by atoms with Crippen molar-refractivity contribution in [1.82, 2.24) is 19.8 Å². The van der Waals surface area contributed by atoms with E-state index in [4.69, 9.17) is 0 Å². The van der Waals surface area contributed by atoms with E-state index in [1.54, 1.807) is 18.5 Å². The molecule has 1 amide bonds. The number of piperidine rings is 1. The summed E-state index contributed by atoms with van der Waals surface area (Å²) in [7, 11) is 0. The van der Waals surface area contributed by atoms with Gasteiger partial charge in [0.2, 0.25) is 5.91 Å². The summed E-state index contributed by atoms with van der Waals surface area (Å²) in [4.78, 5) is 28.8. The third-order valence-electron chi connectivity index (χ3n) is 6.38. The highest BCUT2D eigenvalue weighted by Gasteiger charge is 2.34. The minimum atomic E-state index is -0.333. The van der Waals surface area contributed by atoms with Crippen molar-refractivity contribution in [3.63, 3.8) is 0 Å². The summed E-state index contributed by atoms with van der Waals surface area (Å²) < 4.78 is 13.5. The first-order valence-electron chi connectivity index (χ1n) is 10.9. The van der Waals surface area contributed by atoms with Gasteiger partial charge >= 0.3 is 0 Å². The Balaban J connectivity index is 1.49. The smallest absolute Gasteiger partial charge is 0.244 e. The molecule has 4 rings (SSSR count). The second-order valence-electron chi connectivity index (χ2n) is 8.27. The maximum Gasteiger partial charge on any atom is 0.244 e. The van der Waals surface area contributed by atoms with Crippen LogP contribution >= 0.6 is 0 Å². The minimum absolute atomic E-state index is 0.124. The van der Waals surface area contributed by atoms with E-state index in [-0.39, 0.29) is 17.8 Å². The van der Waals surface area contributed by atoms with E-state index < -0.39 is 0 Å². The van der Waals surface area contributed by atoms with Crippen LogP contribution in [0, 0.1) is 19.7 Å². The van der Waals surface area contributed by atoms with Crippen LogP contribution in [-0.4, -0.2) is 64.9 Å². The summed E-state index contributed by atoms with van der Waals surface area (Å²) in [6.45, 7) is 8.67. The summed E-state index contributed by atoms with van der Waals surface area (Å²) in [6, 6.07) is 6.10. The average Bonchev–Trinajstić information content (AvgIpc) is 2.78. The van der Waals surface area contributed by atoms with E-state index in [0.29, 0.717) is 13.1 Å². The highest BCUT2D eigenvalue weighted by atomic mass is 19.1. The Bertz CT molecular complexity index is 874. The molecule has 6 nitrogen and oxygen atoms in total. The number of carbonyl (C=O) groups is 1. The van der Waals surface area contributed by atoms with Crippen LogP contribution in [0.15, 0.2) is 30.6 Å². The molecule has 30 heavy (non-hydrogen) atoms. The lowest BCUT2D eigenvalue weighted by molar-refractivity contribution is -0.138. The van der Waals surface area contributed by atoms with Crippen molar-refractivity contribution in [2.45, 2.75) is 39.2 Å². The number of piperazine rings is 1. The average molecular weight is 412 g/mol. The van der Waals surface area contributed by atoms with E-state index in [1.165, 1.54) is 18.6 Å². The van der Waals surface area contributed by atoms with Crippen LogP contribution in [0.2, 0.25) is 0 Å². The number of rotatable bonds is 4. The Labute approximate surface area is 177 Å². The van der Waals surface area contributed by atoms with Gasteiger partial charge in [0.25, 0.3) is 0 Å². The molecule has 0 spiro atoms. The number of aryl methyl sites for hydroxylation is 1. The normalized spacial score (nSPS) is 19.0. The molecule has 3 heterocycles. The lowest BCUT2D eigenvalue weighted by atomic mass is 10.00. The first kappa shape index (κ1) is 20.7. The highest BCUT2D eigenvalue weighted by Crippen LogP contribution is 2.28. The van der Waals surface area contributed by atoms with Gasteiger partial charge in [-0.3, -0.25) is 9.69 Å². The Hall–Kier alpha value is -2.54. The zero-order chi connectivity index (χ0) is 21.1. The summed E-state index contributed by atoms with van der Waals surface area (Å²) in [6.07, 6.45) is 5.02. The van der Waals surface area contributed by atoms with Crippen molar-refractivity contribution in [3.05, 3.63) is 53.2 Å². The Morgan fingerprint density at radius 1 is 0.933 bits per heavy atom. The van der Waals surface area contributed by atoms with Crippen molar-refractivity contribution < 1.29 is 9.18 Å². The SMILES string of the molecule is Cc1ncnc(N2CCN(C(=O)C(c3ccc(F)cc3)N3CCCCC3)CC2)c1C. The first-order chi connectivity index (χ1) is 14.5. The van der Waals surface area contributed by atoms with Gasteiger partial charge in [-0.25, -0.2) is 14.4 Å². The molecule has 1 unspecified atom stereocenters. The molecule has 0 bridgehead atoms. The molecule has 1 aromatic carbocycles. The van der Waals surface area contributed by atoms with Gasteiger partial charge < -0.3 is 9.80 Å². The number of halogens is 1. The summed E-state index contributed by atoms with van der Waals surface area (Å²) in [5.74, 6) is 0.812. The van der Waals surface area contributed by atoms with Crippen LogP contribution in [0.5, 0.6) is 0 Å². The van der Waals surface area contributed by atoms with Gasteiger partial charge in [-0.05, 0) is 57.5 Å². The monoisotopic (exact) mass is 411 g/mol. The van der Waals surface area contributed by atoms with E-state index in [1.807, 2.05) is 18.7 Å². The third kappa shape index (κ3) is 4.31. The largest absolute Gasteiger partial charge is 0.353 e.